The van der Waals surface area contributed by atoms with Gasteiger partial charge in [-0.05, 0) is 43.4 Å². The number of rotatable bonds is 6. The van der Waals surface area contributed by atoms with Crippen LogP contribution >= 0.6 is 0 Å². The Labute approximate surface area is 120 Å². The molecule has 1 aromatic carbocycles. The van der Waals surface area contributed by atoms with E-state index >= 15 is 0 Å². The van der Waals surface area contributed by atoms with Gasteiger partial charge in [0.25, 0.3) is 0 Å². The van der Waals surface area contributed by atoms with Crippen LogP contribution in [-0.4, -0.2) is 21.1 Å². The van der Waals surface area contributed by atoms with E-state index < -0.39 is 10.0 Å². The minimum Gasteiger partial charge on any atom is -0.495 e. The van der Waals surface area contributed by atoms with Crippen molar-refractivity contribution < 1.29 is 13.2 Å². The van der Waals surface area contributed by atoms with Gasteiger partial charge in [-0.1, -0.05) is 13.0 Å². The molecule has 1 aromatic rings. The Bertz CT molecular complexity index is 575. The standard InChI is InChI=1S/C14H22N2O3S/c1-3-14(7-4-8-14)16-20(17,18)13-6-5-11(10-15)9-12(13)19-2/h5-6,9,16H,3-4,7-8,10,15H2,1-2H3. The number of hydrogen-bond acceptors (Lipinski definition) is 4. The molecule has 0 bridgehead atoms. The molecule has 1 saturated carbocycles. The molecule has 3 N–H and O–H groups in total. The third kappa shape index (κ3) is 2.82. The SMILES string of the molecule is CCC1(NS(=O)(=O)c2ccc(CN)cc2OC)CCC1. The lowest BCUT2D eigenvalue weighted by atomic mass is 9.76. The van der Waals surface area contributed by atoms with Gasteiger partial charge in [0.15, 0.2) is 0 Å². The maximum atomic E-state index is 12.6. The summed E-state index contributed by atoms with van der Waals surface area (Å²) < 4.78 is 33.2. The molecule has 1 aliphatic rings. The highest BCUT2D eigenvalue weighted by molar-refractivity contribution is 7.89. The van der Waals surface area contributed by atoms with Crippen LogP contribution < -0.4 is 15.2 Å². The van der Waals surface area contributed by atoms with Gasteiger partial charge in [0.1, 0.15) is 10.6 Å². The van der Waals surface area contributed by atoms with Crippen molar-refractivity contribution in [2.45, 2.75) is 49.6 Å². The van der Waals surface area contributed by atoms with Crippen LogP contribution in [0.5, 0.6) is 5.75 Å². The van der Waals surface area contributed by atoms with Gasteiger partial charge in [-0.2, -0.15) is 0 Å². The van der Waals surface area contributed by atoms with Crippen molar-refractivity contribution in [3.05, 3.63) is 23.8 Å². The van der Waals surface area contributed by atoms with Gasteiger partial charge in [0.05, 0.1) is 7.11 Å². The lowest BCUT2D eigenvalue weighted by Crippen LogP contribution is -2.52. The van der Waals surface area contributed by atoms with E-state index in [9.17, 15) is 8.42 Å². The van der Waals surface area contributed by atoms with Gasteiger partial charge in [0.2, 0.25) is 10.0 Å². The zero-order valence-corrected chi connectivity index (χ0v) is 12.8. The molecule has 2 rings (SSSR count). The first-order valence-electron chi connectivity index (χ1n) is 6.87. The summed E-state index contributed by atoms with van der Waals surface area (Å²) in [6, 6.07) is 4.95. The smallest absolute Gasteiger partial charge is 0.244 e. The monoisotopic (exact) mass is 298 g/mol. The van der Waals surface area contributed by atoms with Crippen LogP contribution in [0.3, 0.4) is 0 Å². The van der Waals surface area contributed by atoms with E-state index in [1.54, 1.807) is 18.2 Å². The number of sulfonamides is 1. The van der Waals surface area contributed by atoms with Crippen LogP contribution in [0.25, 0.3) is 0 Å². The third-order valence-corrected chi connectivity index (χ3v) is 5.71. The Morgan fingerprint density at radius 3 is 2.55 bits per heavy atom. The fourth-order valence-corrected chi connectivity index (χ4v) is 4.22. The summed E-state index contributed by atoms with van der Waals surface area (Å²) in [5.41, 5.74) is 6.13. The molecule has 0 saturated heterocycles. The summed E-state index contributed by atoms with van der Waals surface area (Å²) in [6.45, 7) is 2.36. The second-order valence-corrected chi connectivity index (χ2v) is 6.93. The third-order valence-electron chi connectivity index (χ3n) is 4.09. The predicted molar refractivity (Wildman–Crippen MR) is 78.1 cm³/mol. The molecule has 5 nitrogen and oxygen atoms in total. The Kier molecular flexibility index (Phi) is 4.36. The number of nitrogens with two attached hydrogens (primary N) is 1. The second-order valence-electron chi connectivity index (χ2n) is 5.28. The molecule has 0 aliphatic heterocycles. The zero-order valence-electron chi connectivity index (χ0n) is 12.0. The molecule has 0 unspecified atom stereocenters. The first-order valence-corrected chi connectivity index (χ1v) is 8.35. The number of methoxy groups -OCH3 is 1. The summed E-state index contributed by atoms with van der Waals surface area (Å²) in [6.07, 6.45) is 3.66. The van der Waals surface area contributed by atoms with Crippen LogP contribution in [0, 0.1) is 0 Å². The van der Waals surface area contributed by atoms with E-state index in [4.69, 9.17) is 10.5 Å². The van der Waals surface area contributed by atoms with E-state index in [2.05, 4.69) is 4.72 Å². The summed E-state index contributed by atoms with van der Waals surface area (Å²) >= 11 is 0. The van der Waals surface area contributed by atoms with Gasteiger partial charge in [-0.3, -0.25) is 0 Å². The topological polar surface area (TPSA) is 81.4 Å². The average molecular weight is 298 g/mol. The van der Waals surface area contributed by atoms with Gasteiger partial charge < -0.3 is 10.5 Å². The molecular formula is C14H22N2O3S. The van der Waals surface area contributed by atoms with Crippen molar-refractivity contribution in [1.29, 1.82) is 0 Å². The molecule has 112 valence electrons. The quantitative estimate of drug-likeness (QED) is 0.838. The van der Waals surface area contributed by atoms with Crippen LogP contribution in [-0.2, 0) is 16.6 Å². The largest absolute Gasteiger partial charge is 0.495 e. The first-order chi connectivity index (χ1) is 9.46. The number of benzene rings is 1. The van der Waals surface area contributed by atoms with Gasteiger partial charge in [-0.25, -0.2) is 13.1 Å². The molecule has 0 aromatic heterocycles. The van der Waals surface area contributed by atoms with Crippen LogP contribution in [0.15, 0.2) is 23.1 Å². The minimum absolute atomic E-state index is 0.178. The number of ether oxygens (including phenoxy) is 1. The highest BCUT2D eigenvalue weighted by atomic mass is 32.2. The Balaban J connectivity index is 2.34. The van der Waals surface area contributed by atoms with Gasteiger partial charge >= 0.3 is 0 Å². The van der Waals surface area contributed by atoms with Crippen LogP contribution in [0.2, 0.25) is 0 Å². The van der Waals surface area contributed by atoms with Crippen LogP contribution in [0.1, 0.15) is 38.2 Å². The molecular weight excluding hydrogens is 276 g/mol. The van der Waals surface area contributed by atoms with Crippen molar-refractivity contribution in [2.24, 2.45) is 5.73 Å². The van der Waals surface area contributed by atoms with Crippen molar-refractivity contribution in [2.75, 3.05) is 7.11 Å². The molecule has 0 spiro atoms. The Hall–Kier alpha value is -1.11. The fraction of sp³-hybridized carbons (Fsp3) is 0.571. The lowest BCUT2D eigenvalue weighted by molar-refractivity contribution is 0.213. The summed E-state index contributed by atoms with van der Waals surface area (Å²) in [5.74, 6) is 0.339. The average Bonchev–Trinajstić information content (AvgIpc) is 2.42. The van der Waals surface area contributed by atoms with Crippen LogP contribution in [0.4, 0.5) is 0 Å². The highest BCUT2D eigenvalue weighted by Gasteiger charge is 2.39. The summed E-state index contributed by atoms with van der Waals surface area (Å²) in [4.78, 5) is 0.178. The molecule has 1 aliphatic carbocycles. The van der Waals surface area contributed by atoms with E-state index in [0.717, 1.165) is 31.2 Å². The minimum atomic E-state index is -3.57. The highest BCUT2D eigenvalue weighted by Crippen LogP contribution is 2.37. The molecule has 1 fully saturated rings. The summed E-state index contributed by atoms with van der Waals surface area (Å²) in [5, 5.41) is 0. The Morgan fingerprint density at radius 1 is 1.40 bits per heavy atom. The Morgan fingerprint density at radius 2 is 2.10 bits per heavy atom. The molecule has 6 heteroatoms. The normalized spacial score (nSPS) is 17.6. The molecule has 0 atom stereocenters. The fourth-order valence-electron chi connectivity index (χ4n) is 2.53. The first kappa shape index (κ1) is 15.3. The van der Waals surface area contributed by atoms with Crippen molar-refractivity contribution in [3.63, 3.8) is 0 Å². The van der Waals surface area contributed by atoms with E-state index in [1.807, 2.05) is 6.92 Å². The molecule has 20 heavy (non-hydrogen) atoms. The van der Waals surface area contributed by atoms with E-state index in [-0.39, 0.29) is 10.4 Å². The zero-order chi connectivity index (χ0) is 14.8. The van der Waals surface area contributed by atoms with E-state index in [1.165, 1.54) is 7.11 Å². The maximum absolute atomic E-state index is 12.6. The van der Waals surface area contributed by atoms with Crippen molar-refractivity contribution in [1.82, 2.24) is 4.72 Å². The van der Waals surface area contributed by atoms with Gasteiger partial charge in [0, 0.05) is 12.1 Å². The number of nitrogens with one attached hydrogen (secondary N) is 1. The van der Waals surface area contributed by atoms with Crippen molar-refractivity contribution in [3.8, 4) is 5.75 Å². The lowest BCUT2D eigenvalue weighted by Gasteiger charge is -2.41. The summed E-state index contributed by atoms with van der Waals surface area (Å²) in [7, 11) is -2.11. The molecule has 0 amide bonds. The predicted octanol–water partition coefficient (Wildman–Crippen LogP) is 1.76. The van der Waals surface area contributed by atoms with Gasteiger partial charge in [-0.15, -0.1) is 0 Å². The second kappa shape index (κ2) is 5.71. The van der Waals surface area contributed by atoms with Crippen molar-refractivity contribution >= 4 is 10.0 Å². The molecule has 0 radical (unpaired) electrons. The number of hydrogen-bond donors (Lipinski definition) is 2. The molecule has 0 heterocycles. The maximum Gasteiger partial charge on any atom is 0.244 e. The van der Waals surface area contributed by atoms with E-state index in [0.29, 0.717) is 12.3 Å².